The van der Waals surface area contributed by atoms with E-state index in [9.17, 15) is 4.79 Å². The van der Waals surface area contributed by atoms with E-state index in [2.05, 4.69) is 53.3 Å². The van der Waals surface area contributed by atoms with Crippen LogP contribution in [0.15, 0.2) is 54.7 Å². The summed E-state index contributed by atoms with van der Waals surface area (Å²) >= 11 is 5.67. The lowest BCUT2D eigenvalue weighted by Gasteiger charge is -2.28. The molecule has 2 aromatic carbocycles. The number of para-hydroxylation sites is 1. The van der Waals surface area contributed by atoms with Crippen LogP contribution in [-0.4, -0.2) is 52.8 Å². The second-order valence-electron chi connectivity index (χ2n) is 8.43. The lowest BCUT2D eigenvalue weighted by molar-refractivity contribution is -0.122. The third-order valence-electron chi connectivity index (χ3n) is 6.44. The van der Waals surface area contributed by atoms with Crippen LogP contribution in [0.5, 0.6) is 5.75 Å². The molecular formula is C24H26N4O2S. The number of aryl methyl sites for hydroxylation is 1. The molecule has 1 N–H and O–H groups in total. The van der Waals surface area contributed by atoms with Gasteiger partial charge in [-0.3, -0.25) is 9.69 Å². The Morgan fingerprint density at radius 2 is 1.90 bits per heavy atom. The molecule has 0 bridgehead atoms. The highest BCUT2D eigenvalue weighted by Gasteiger charge is 2.59. The number of nitrogens with one attached hydrogen (secondary N) is 1. The topological polar surface area (TPSA) is 49.7 Å². The van der Waals surface area contributed by atoms with Gasteiger partial charge in [0.25, 0.3) is 5.91 Å². The van der Waals surface area contributed by atoms with E-state index in [0.717, 1.165) is 18.0 Å². The minimum atomic E-state index is -0.783. The second kappa shape index (κ2) is 7.35. The van der Waals surface area contributed by atoms with Gasteiger partial charge >= 0.3 is 0 Å². The normalized spacial score (nSPS) is 23.8. The van der Waals surface area contributed by atoms with Crippen molar-refractivity contribution in [3.63, 3.8) is 0 Å². The maximum absolute atomic E-state index is 13.9. The Balaban J connectivity index is 1.56. The first-order valence-corrected chi connectivity index (χ1v) is 11.0. The number of nitrogens with zero attached hydrogens (tertiary/aromatic N) is 3. The number of hydrogen-bond acceptors (Lipinski definition) is 4. The molecule has 0 aliphatic carbocycles. The molecule has 6 nitrogen and oxygen atoms in total. The number of likely N-dealkylation sites (N-methyl/N-ethyl adjacent to an activating group) is 1. The number of aromatic nitrogens is 1. The number of likely N-dealkylation sites (tertiary alicyclic amines) is 1. The molecule has 5 rings (SSSR count). The van der Waals surface area contributed by atoms with Gasteiger partial charge in [0.05, 0.1) is 12.3 Å². The summed E-state index contributed by atoms with van der Waals surface area (Å²) in [6.07, 6.45) is 2.16. The van der Waals surface area contributed by atoms with Gasteiger partial charge in [-0.1, -0.05) is 18.2 Å². The molecule has 0 unspecified atom stereocenters. The Bertz CT molecular complexity index is 1170. The van der Waals surface area contributed by atoms with E-state index in [-0.39, 0.29) is 11.8 Å². The molecule has 2 fully saturated rings. The number of carbonyl (C=O) groups is 1. The van der Waals surface area contributed by atoms with Crippen molar-refractivity contribution in [2.75, 3.05) is 31.6 Å². The van der Waals surface area contributed by atoms with Gasteiger partial charge in [0.15, 0.2) is 5.11 Å². The van der Waals surface area contributed by atoms with E-state index >= 15 is 0 Å². The fourth-order valence-electron chi connectivity index (χ4n) is 5.11. The van der Waals surface area contributed by atoms with Crippen LogP contribution >= 0.6 is 12.2 Å². The highest BCUT2D eigenvalue weighted by molar-refractivity contribution is 7.80. The number of thiocarbonyl (C=S) groups is 1. The van der Waals surface area contributed by atoms with Gasteiger partial charge < -0.3 is 19.5 Å². The number of amides is 1. The predicted octanol–water partition coefficient (Wildman–Crippen LogP) is 3.27. The molecule has 2 atom stereocenters. The van der Waals surface area contributed by atoms with Crippen LogP contribution in [0.25, 0.3) is 10.9 Å². The summed E-state index contributed by atoms with van der Waals surface area (Å²) in [5.41, 5.74) is 2.32. The van der Waals surface area contributed by atoms with Crippen LogP contribution in [0.3, 0.4) is 0 Å². The fourth-order valence-corrected chi connectivity index (χ4v) is 5.48. The first-order valence-electron chi connectivity index (χ1n) is 10.6. The first kappa shape index (κ1) is 20.0. The molecule has 2 aliphatic heterocycles. The number of benzene rings is 2. The van der Waals surface area contributed by atoms with Crippen LogP contribution in [0.4, 0.5) is 5.69 Å². The number of fused-ring (bicyclic) bond motifs is 1. The van der Waals surface area contributed by atoms with Gasteiger partial charge in [0.2, 0.25) is 0 Å². The van der Waals surface area contributed by atoms with E-state index in [0.29, 0.717) is 18.3 Å². The fraction of sp³-hybridized carbons (Fsp3) is 0.333. The van der Waals surface area contributed by atoms with E-state index < -0.39 is 5.54 Å². The highest BCUT2D eigenvalue weighted by Crippen LogP contribution is 2.43. The summed E-state index contributed by atoms with van der Waals surface area (Å²) in [4.78, 5) is 17.8. The van der Waals surface area contributed by atoms with Gasteiger partial charge in [-0.15, -0.1) is 0 Å². The Hall–Kier alpha value is -2.90. The molecular weight excluding hydrogens is 408 g/mol. The predicted molar refractivity (Wildman–Crippen MR) is 127 cm³/mol. The molecule has 1 spiro atoms. The second-order valence-corrected chi connectivity index (χ2v) is 8.82. The summed E-state index contributed by atoms with van der Waals surface area (Å²) in [6, 6.07) is 15.9. The average molecular weight is 435 g/mol. The molecule has 3 heterocycles. The van der Waals surface area contributed by atoms with Crippen LogP contribution in [0, 0.1) is 0 Å². The minimum Gasteiger partial charge on any atom is -0.494 e. The van der Waals surface area contributed by atoms with Gasteiger partial charge in [0, 0.05) is 43.2 Å². The molecule has 160 valence electrons. The number of carbonyl (C=O) groups excluding carboxylic acids is 1. The molecule has 2 saturated heterocycles. The summed E-state index contributed by atoms with van der Waals surface area (Å²) in [7, 11) is 4.11. The number of rotatable bonds is 4. The molecule has 7 heteroatoms. The van der Waals surface area contributed by atoms with Crippen molar-refractivity contribution in [3.05, 3.63) is 60.3 Å². The molecule has 0 radical (unpaired) electrons. The summed E-state index contributed by atoms with van der Waals surface area (Å²) in [5.74, 6) is 0.770. The standard InChI is InChI=1S/C24H26N4O2S/c1-4-30-17-11-9-16(10-12-17)28-22(29)24(25-23(28)31)15-26(2)14-20(24)19-13-27(3)21-8-6-5-7-18(19)21/h5-13,20H,4,14-15H2,1-3H3,(H,25,31)/t20-,24+/m1/s1. The van der Waals surface area contributed by atoms with Crippen LogP contribution in [0.1, 0.15) is 18.4 Å². The molecule has 31 heavy (non-hydrogen) atoms. The number of anilines is 1. The first-order chi connectivity index (χ1) is 14.9. The van der Waals surface area contributed by atoms with Gasteiger partial charge in [-0.05, 0) is 62.1 Å². The number of ether oxygens (including phenoxy) is 1. The largest absolute Gasteiger partial charge is 0.494 e. The third-order valence-corrected chi connectivity index (χ3v) is 6.72. The maximum atomic E-state index is 13.9. The van der Waals surface area contributed by atoms with E-state index in [1.807, 2.05) is 37.3 Å². The Morgan fingerprint density at radius 3 is 2.65 bits per heavy atom. The Kier molecular flexibility index (Phi) is 4.75. The van der Waals surface area contributed by atoms with Crippen LogP contribution in [0.2, 0.25) is 0 Å². The van der Waals surface area contributed by atoms with Gasteiger partial charge in [-0.25, -0.2) is 0 Å². The summed E-state index contributed by atoms with van der Waals surface area (Å²) in [6.45, 7) is 3.94. The Morgan fingerprint density at radius 1 is 1.16 bits per heavy atom. The molecule has 1 amide bonds. The zero-order valence-electron chi connectivity index (χ0n) is 18.0. The van der Waals surface area contributed by atoms with Crippen LogP contribution < -0.4 is 15.0 Å². The third kappa shape index (κ3) is 3.03. The van der Waals surface area contributed by atoms with Crippen molar-refractivity contribution in [1.29, 1.82) is 0 Å². The molecule has 3 aromatic rings. The van der Waals surface area contributed by atoms with E-state index in [1.165, 1.54) is 16.5 Å². The van der Waals surface area contributed by atoms with Crippen molar-refractivity contribution in [1.82, 2.24) is 14.8 Å². The lowest BCUT2D eigenvalue weighted by Crippen LogP contribution is -2.52. The van der Waals surface area contributed by atoms with Crippen molar-refractivity contribution in [3.8, 4) is 5.75 Å². The maximum Gasteiger partial charge on any atom is 0.261 e. The van der Waals surface area contributed by atoms with Crippen molar-refractivity contribution < 1.29 is 9.53 Å². The molecule has 0 saturated carbocycles. The van der Waals surface area contributed by atoms with Crippen molar-refractivity contribution in [2.45, 2.75) is 18.4 Å². The SMILES string of the molecule is CCOc1ccc(N2C(=O)[C@@]3(CN(C)C[C@@H]3c3cn(C)c4ccccc34)NC2=S)cc1. The average Bonchev–Trinajstić information content (AvgIpc) is 3.35. The molecule has 1 aromatic heterocycles. The highest BCUT2D eigenvalue weighted by atomic mass is 32.1. The quantitative estimate of drug-likeness (QED) is 0.639. The summed E-state index contributed by atoms with van der Waals surface area (Å²) < 4.78 is 7.68. The molecule has 2 aliphatic rings. The summed E-state index contributed by atoms with van der Waals surface area (Å²) in [5, 5.41) is 5.08. The number of hydrogen-bond donors (Lipinski definition) is 1. The lowest BCUT2D eigenvalue weighted by atomic mass is 9.81. The van der Waals surface area contributed by atoms with Gasteiger partial charge in [0.1, 0.15) is 11.3 Å². The monoisotopic (exact) mass is 434 g/mol. The van der Waals surface area contributed by atoms with Crippen molar-refractivity contribution >= 4 is 39.8 Å². The van der Waals surface area contributed by atoms with E-state index in [4.69, 9.17) is 17.0 Å². The van der Waals surface area contributed by atoms with Crippen molar-refractivity contribution in [2.24, 2.45) is 7.05 Å². The van der Waals surface area contributed by atoms with Gasteiger partial charge in [-0.2, -0.15) is 0 Å². The Labute approximate surface area is 187 Å². The van der Waals surface area contributed by atoms with Crippen LogP contribution in [-0.2, 0) is 11.8 Å². The van der Waals surface area contributed by atoms with E-state index in [1.54, 1.807) is 4.90 Å². The minimum absolute atomic E-state index is 0.00365. The zero-order valence-corrected chi connectivity index (χ0v) is 18.8. The zero-order chi connectivity index (χ0) is 21.8. The smallest absolute Gasteiger partial charge is 0.261 e.